The molecule has 1 aliphatic rings. The van der Waals surface area contributed by atoms with Crippen LogP contribution in [0.1, 0.15) is 27.0 Å². The van der Waals surface area contributed by atoms with Crippen molar-refractivity contribution in [3.8, 4) is 5.75 Å². The first-order valence-electron chi connectivity index (χ1n) is 10.4. The van der Waals surface area contributed by atoms with Crippen LogP contribution in [0, 0.1) is 18.6 Å². The number of benzene rings is 3. The second-order valence-electron chi connectivity index (χ2n) is 7.76. The second kappa shape index (κ2) is 9.78. The van der Waals surface area contributed by atoms with Gasteiger partial charge in [0.1, 0.15) is 17.4 Å². The highest BCUT2D eigenvalue weighted by Gasteiger charge is 2.18. The standard InChI is InChI=1S/C24H22F2N2O5S/c1-15-10-21(6-7-22(15)26)34(30,31)28-20-4-2-16(3-5-20)24(29)27-9-8-17-11-19(25)12-18-13-32-14-33-23(17)18/h2-7,10-12,28H,8-9,13-14H2,1H3,(H,27,29). The molecule has 178 valence electrons. The third-order valence-corrected chi connectivity index (χ3v) is 6.65. The van der Waals surface area contributed by atoms with Gasteiger partial charge in [-0.05, 0) is 79.1 Å². The molecule has 0 bridgehead atoms. The van der Waals surface area contributed by atoms with Crippen molar-refractivity contribution in [3.63, 3.8) is 0 Å². The highest BCUT2D eigenvalue weighted by atomic mass is 32.2. The third-order valence-electron chi connectivity index (χ3n) is 5.27. The molecule has 2 N–H and O–H groups in total. The van der Waals surface area contributed by atoms with E-state index < -0.39 is 21.7 Å². The molecular formula is C24H22F2N2O5S. The Kier molecular flexibility index (Phi) is 6.80. The molecule has 0 aromatic heterocycles. The van der Waals surface area contributed by atoms with Gasteiger partial charge in [0, 0.05) is 23.4 Å². The average molecular weight is 489 g/mol. The minimum absolute atomic E-state index is 0.0664. The summed E-state index contributed by atoms with van der Waals surface area (Å²) in [6.45, 7) is 2.08. The predicted molar refractivity (Wildman–Crippen MR) is 121 cm³/mol. The van der Waals surface area contributed by atoms with Crippen LogP contribution in [0.4, 0.5) is 14.5 Å². The molecule has 0 saturated carbocycles. The van der Waals surface area contributed by atoms with Crippen molar-refractivity contribution in [2.24, 2.45) is 0 Å². The van der Waals surface area contributed by atoms with Gasteiger partial charge in [-0.25, -0.2) is 17.2 Å². The minimum Gasteiger partial charge on any atom is -0.467 e. The summed E-state index contributed by atoms with van der Waals surface area (Å²) >= 11 is 0. The van der Waals surface area contributed by atoms with Crippen molar-refractivity contribution in [1.29, 1.82) is 0 Å². The molecule has 0 saturated heterocycles. The van der Waals surface area contributed by atoms with E-state index in [1.165, 1.54) is 55.5 Å². The molecular weight excluding hydrogens is 466 g/mol. The molecule has 1 aliphatic heterocycles. The largest absolute Gasteiger partial charge is 0.467 e. The maximum atomic E-state index is 13.8. The Labute approximate surface area is 195 Å². The maximum Gasteiger partial charge on any atom is 0.261 e. The average Bonchev–Trinajstić information content (AvgIpc) is 2.80. The van der Waals surface area contributed by atoms with Crippen molar-refractivity contribution < 1.29 is 31.5 Å². The van der Waals surface area contributed by atoms with E-state index in [0.29, 0.717) is 28.9 Å². The molecule has 34 heavy (non-hydrogen) atoms. The molecule has 1 heterocycles. The van der Waals surface area contributed by atoms with Crippen molar-refractivity contribution in [2.75, 3.05) is 18.1 Å². The SMILES string of the molecule is Cc1cc(S(=O)(=O)Nc2ccc(C(=O)NCCc3cc(F)cc4c3OCOC4)cc2)ccc1F. The Hall–Kier alpha value is -3.50. The topological polar surface area (TPSA) is 93.7 Å². The first kappa shape index (κ1) is 23.7. The number of hydrogen-bond donors (Lipinski definition) is 2. The van der Waals surface area contributed by atoms with Gasteiger partial charge in [0.25, 0.3) is 15.9 Å². The highest BCUT2D eigenvalue weighted by molar-refractivity contribution is 7.92. The number of carbonyl (C=O) groups is 1. The van der Waals surface area contributed by atoms with E-state index >= 15 is 0 Å². The van der Waals surface area contributed by atoms with E-state index in [2.05, 4.69) is 10.0 Å². The Morgan fingerprint density at radius 1 is 1.06 bits per heavy atom. The fourth-order valence-electron chi connectivity index (χ4n) is 3.54. The minimum atomic E-state index is -3.91. The molecule has 3 aromatic rings. The van der Waals surface area contributed by atoms with Crippen molar-refractivity contribution >= 4 is 21.6 Å². The van der Waals surface area contributed by atoms with Gasteiger partial charge in [-0.1, -0.05) is 0 Å². The lowest BCUT2D eigenvalue weighted by atomic mass is 10.1. The van der Waals surface area contributed by atoms with Gasteiger partial charge in [0.05, 0.1) is 11.5 Å². The molecule has 10 heteroatoms. The molecule has 0 radical (unpaired) electrons. The van der Waals surface area contributed by atoms with Gasteiger partial charge in [0.2, 0.25) is 0 Å². The molecule has 3 aromatic carbocycles. The molecule has 0 aliphatic carbocycles. The number of carbonyl (C=O) groups excluding carboxylic acids is 1. The van der Waals surface area contributed by atoms with Crippen molar-refractivity contribution in [2.45, 2.75) is 24.8 Å². The molecule has 0 spiro atoms. The lowest BCUT2D eigenvalue weighted by Gasteiger charge is -2.21. The molecule has 0 atom stereocenters. The van der Waals surface area contributed by atoms with Crippen LogP contribution in [0.2, 0.25) is 0 Å². The number of hydrogen-bond acceptors (Lipinski definition) is 5. The summed E-state index contributed by atoms with van der Waals surface area (Å²) in [6.07, 6.45) is 0.362. The zero-order valence-electron chi connectivity index (χ0n) is 18.2. The lowest BCUT2D eigenvalue weighted by Crippen LogP contribution is -2.26. The normalized spacial score (nSPS) is 13.0. The van der Waals surface area contributed by atoms with E-state index in [0.717, 1.165) is 6.07 Å². The zero-order valence-corrected chi connectivity index (χ0v) is 19.0. The number of amides is 1. The van der Waals surface area contributed by atoms with E-state index in [1.54, 1.807) is 0 Å². The van der Waals surface area contributed by atoms with Crippen LogP contribution in [-0.2, 0) is 27.8 Å². The van der Waals surface area contributed by atoms with Gasteiger partial charge in [-0.3, -0.25) is 9.52 Å². The number of anilines is 1. The summed E-state index contributed by atoms with van der Waals surface area (Å²) in [7, 11) is -3.91. The summed E-state index contributed by atoms with van der Waals surface area (Å²) in [5, 5.41) is 2.76. The molecule has 4 rings (SSSR count). The van der Waals surface area contributed by atoms with Crippen LogP contribution in [0.3, 0.4) is 0 Å². The van der Waals surface area contributed by atoms with Gasteiger partial charge < -0.3 is 14.8 Å². The van der Waals surface area contributed by atoms with Crippen LogP contribution in [0.25, 0.3) is 0 Å². The second-order valence-corrected chi connectivity index (χ2v) is 9.45. The first-order chi connectivity index (χ1) is 16.2. The Morgan fingerprint density at radius 2 is 1.82 bits per heavy atom. The van der Waals surface area contributed by atoms with Gasteiger partial charge in [-0.15, -0.1) is 0 Å². The number of aryl methyl sites for hydroxylation is 1. The predicted octanol–water partition coefficient (Wildman–Crippen LogP) is 3.91. The maximum absolute atomic E-state index is 13.8. The van der Waals surface area contributed by atoms with E-state index in [1.807, 2.05) is 0 Å². The van der Waals surface area contributed by atoms with Gasteiger partial charge in [-0.2, -0.15) is 0 Å². The van der Waals surface area contributed by atoms with Gasteiger partial charge >= 0.3 is 0 Å². The lowest BCUT2D eigenvalue weighted by molar-refractivity contribution is -0.0172. The van der Waals surface area contributed by atoms with Crippen LogP contribution >= 0.6 is 0 Å². The van der Waals surface area contributed by atoms with E-state index in [9.17, 15) is 22.0 Å². The Morgan fingerprint density at radius 3 is 2.56 bits per heavy atom. The summed E-state index contributed by atoms with van der Waals surface area (Å²) in [5.41, 5.74) is 2.06. The fraction of sp³-hybridized carbons (Fsp3) is 0.208. The Bertz CT molecular complexity index is 1330. The quantitative estimate of drug-likeness (QED) is 0.526. The van der Waals surface area contributed by atoms with Crippen molar-refractivity contribution in [1.82, 2.24) is 5.32 Å². The first-order valence-corrected chi connectivity index (χ1v) is 11.9. The molecule has 0 fully saturated rings. The highest BCUT2D eigenvalue weighted by Crippen LogP contribution is 2.29. The number of sulfonamides is 1. The van der Waals surface area contributed by atoms with Crippen LogP contribution in [0.15, 0.2) is 59.5 Å². The van der Waals surface area contributed by atoms with Crippen LogP contribution in [-0.4, -0.2) is 27.7 Å². The van der Waals surface area contributed by atoms with E-state index in [4.69, 9.17) is 9.47 Å². The zero-order chi connectivity index (χ0) is 24.3. The molecule has 0 unspecified atom stereocenters. The molecule has 1 amide bonds. The summed E-state index contributed by atoms with van der Waals surface area (Å²) in [5.74, 6) is -0.677. The number of rotatable bonds is 7. The summed E-state index contributed by atoms with van der Waals surface area (Å²) < 4.78 is 65.4. The fourth-order valence-corrected chi connectivity index (χ4v) is 4.69. The Balaban J connectivity index is 1.36. The summed E-state index contributed by atoms with van der Waals surface area (Å²) in [4.78, 5) is 12.4. The number of ether oxygens (including phenoxy) is 2. The number of halogens is 2. The summed E-state index contributed by atoms with van der Waals surface area (Å²) in [6, 6.07) is 12.1. The number of nitrogens with one attached hydrogen (secondary N) is 2. The smallest absolute Gasteiger partial charge is 0.261 e. The van der Waals surface area contributed by atoms with E-state index in [-0.39, 0.29) is 42.0 Å². The monoisotopic (exact) mass is 488 g/mol. The molecule has 7 nitrogen and oxygen atoms in total. The van der Waals surface area contributed by atoms with Gasteiger partial charge in [0.15, 0.2) is 6.79 Å². The number of fused-ring (bicyclic) bond motifs is 1. The van der Waals surface area contributed by atoms with Crippen molar-refractivity contribution in [3.05, 3.63) is 88.5 Å². The van der Waals surface area contributed by atoms with Crippen LogP contribution in [0.5, 0.6) is 5.75 Å². The van der Waals surface area contributed by atoms with Crippen LogP contribution < -0.4 is 14.8 Å². The third kappa shape index (κ3) is 5.35.